The van der Waals surface area contributed by atoms with Crippen LogP contribution in [0.1, 0.15) is 29.7 Å². The molecule has 150 valence electrons. The number of nitrogens with zero attached hydrogens (tertiary/aromatic N) is 3. The number of aromatic nitrogens is 4. The van der Waals surface area contributed by atoms with Gasteiger partial charge in [-0.15, -0.1) is 0 Å². The Labute approximate surface area is 170 Å². The van der Waals surface area contributed by atoms with E-state index >= 15 is 0 Å². The van der Waals surface area contributed by atoms with E-state index in [0.717, 1.165) is 36.9 Å². The van der Waals surface area contributed by atoms with E-state index < -0.39 is 11.7 Å². The highest BCUT2D eigenvalue weighted by Crippen LogP contribution is 2.36. The first-order chi connectivity index (χ1) is 14.5. The third-order valence-corrected chi connectivity index (χ3v) is 5.22. The average molecular weight is 407 g/mol. The van der Waals surface area contributed by atoms with Crippen LogP contribution in [-0.2, 0) is 19.0 Å². The number of alkyl halides is 3. The van der Waals surface area contributed by atoms with Crippen molar-refractivity contribution < 1.29 is 13.2 Å². The van der Waals surface area contributed by atoms with Crippen LogP contribution in [0.3, 0.4) is 0 Å². The lowest BCUT2D eigenvalue weighted by Crippen LogP contribution is -2.08. The van der Waals surface area contributed by atoms with E-state index in [-0.39, 0.29) is 11.4 Å². The molecular weight excluding hydrogens is 391 g/mol. The van der Waals surface area contributed by atoms with Gasteiger partial charge >= 0.3 is 6.18 Å². The second-order valence-electron chi connectivity index (χ2n) is 7.16. The van der Waals surface area contributed by atoms with E-state index in [4.69, 9.17) is 0 Å². The normalized spacial score (nSPS) is 13.7. The van der Waals surface area contributed by atoms with Crippen LogP contribution >= 0.6 is 0 Å². The number of fused-ring (bicyclic) bond motifs is 2. The summed E-state index contributed by atoms with van der Waals surface area (Å²) < 4.78 is 40.5. The predicted molar refractivity (Wildman–Crippen MR) is 106 cm³/mol. The lowest BCUT2D eigenvalue weighted by atomic mass is 9.97. The van der Waals surface area contributed by atoms with Gasteiger partial charge in [-0.05, 0) is 49.9 Å². The van der Waals surface area contributed by atoms with Gasteiger partial charge in [0.1, 0.15) is 11.4 Å². The number of hydrogen-bond donors (Lipinski definition) is 2. The molecule has 1 aliphatic rings. The number of rotatable bonds is 3. The van der Waals surface area contributed by atoms with Crippen LogP contribution in [0.4, 0.5) is 24.8 Å². The SMILES string of the molecule is FC(F)(F)c1c#cccc1-c1nc(Nc2n[nH]c3c2CCCC3)c2ccccc2n1. The van der Waals surface area contributed by atoms with Gasteiger partial charge in [0.05, 0.1) is 5.52 Å². The monoisotopic (exact) mass is 407 g/mol. The maximum atomic E-state index is 13.5. The van der Waals surface area contributed by atoms with E-state index in [2.05, 4.69) is 37.6 Å². The van der Waals surface area contributed by atoms with Crippen molar-refractivity contribution in [2.24, 2.45) is 0 Å². The quantitative estimate of drug-likeness (QED) is 0.486. The van der Waals surface area contributed by atoms with Gasteiger partial charge in [0, 0.05) is 22.2 Å². The number of para-hydroxylation sites is 1. The molecule has 30 heavy (non-hydrogen) atoms. The van der Waals surface area contributed by atoms with Gasteiger partial charge in [-0.1, -0.05) is 24.3 Å². The Morgan fingerprint density at radius 1 is 1.00 bits per heavy atom. The van der Waals surface area contributed by atoms with Crippen LogP contribution in [-0.4, -0.2) is 20.2 Å². The van der Waals surface area contributed by atoms with Gasteiger partial charge in [0.15, 0.2) is 11.6 Å². The van der Waals surface area contributed by atoms with Crippen LogP contribution in [0.25, 0.3) is 22.3 Å². The molecule has 0 saturated carbocycles. The maximum Gasteiger partial charge on any atom is 0.424 e. The van der Waals surface area contributed by atoms with E-state index in [1.165, 1.54) is 12.1 Å². The molecule has 0 unspecified atom stereocenters. The molecule has 0 atom stereocenters. The summed E-state index contributed by atoms with van der Waals surface area (Å²) in [7, 11) is 0. The fraction of sp³-hybridized carbons (Fsp3) is 0.227. The van der Waals surface area contributed by atoms with Crippen molar-refractivity contribution >= 4 is 22.5 Å². The molecule has 0 fully saturated rings. The molecule has 0 aliphatic heterocycles. The first-order valence-corrected chi connectivity index (χ1v) is 9.60. The fourth-order valence-electron chi connectivity index (χ4n) is 3.79. The summed E-state index contributed by atoms with van der Waals surface area (Å²) in [5, 5.41) is 11.4. The Hall–Kier alpha value is -3.60. The first kappa shape index (κ1) is 18.4. The first-order valence-electron chi connectivity index (χ1n) is 9.60. The second kappa shape index (κ2) is 7.02. The highest BCUT2D eigenvalue weighted by molar-refractivity contribution is 5.92. The number of halogens is 3. The Bertz CT molecular complexity index is 1230. The number of H-pyrrole nitrogens is 1. The van der Waals surface area contributed by atoms with Crippen LogP contribution < -0.4 is 5.32 Å². The molecular formula is C22H16F3N5. The van der Waals surface area contributed by atoms with Crippen molar-refractivity contribution in [3.63, 3.8) is 0 Å². The zero-order valence-electron chi connectivity index (χ0n) is 15.8. The largest absolute Gasteiger partial charge is 0.424 e. The van der Waals surface area contributed by atoms with Crippen molar-refractivity contribution in [1.29, 1.82) is 0 Å². The van der Waals surface area contributed by atoms with Gasteiger partial charge in [-0.25, -0.2) is 9.97 Å². The molecule has 2 heterocycles. The molecule has 0 spiro atoms. The lowest BCUT2D eigenvalue weighted by molar-refractivity contribution is -0.137. The third kappa shape index (κ3) is 3.22. The lowest BCUT2D eigenvalue weighted by Gasteiger charge is -2.14. The summed E-state index contributed by atoms with van der Waals surface area (Å²) in [6.07, 6.45) is -0.576. The van der Waals surface area contributed by atoms with Crippen molar-refractivity contribution in [1.82, 2.24) is 20.2 Å². The van der Waals surface area contributed by atoms with E-state index in [9.17, 15) is 13.2 Å². The molecule has 1 aliphatic carbocycles. The van der Waals surface area contributed by atoms with Crippen molar-refractivity contribution in [2.75, 3.05) is 5.32 Å². The van der Waals surface area contributed by atoms with Crippen molar-refractivity contribution in [3.8, 4) is 11.4 Å². The molecule has 4 aromatic rings. The van der Waals surface area contributed by atoms with Crippen LogP contribution in [0.15, 0.2) is 36.4 Å². The van der Waals surface area contributed by atoms with Gasteiger partial charge in [-0.2, -0.15) is 18.3 Å². The van der Waals surface area contributed by atoms with E-state index in [1.54, 1.807) is 12.1 Å². The molecule has 2 N–H and O–H groups in total. The van der Waals surface area contributed by atoms with Crippen LogP contribution in [0, 0.1) is 12.1 Å². The number of nitrogens with one attached hydrogen (secondary N) is 2. The molecule has 5 rings (SSSR count). The minimum atomic E-state index is -4.59. The molecule has 0 radical (unpaired) electrons. The smallest absolute Gasteiger partial charge is 0.323 e. The van der Waals surface area contributed by atoms with E-state index in [0.29, 0.717) is 22.5 Å². The van der Waals surface area contributed by atoms with Gasteiger partial charge < -0.3 is 5.32 Å². The number of anilines is 2. The Kier molecular flexibility index (Phi) is 4.31. The molecule has 2 aromatic carbocycles. The summed E-state index contributed by atoms with van der Waals surface area (Å²) in [6.45, 7) is 0. The summed E-state index contributed by atoms with van der Waals surface area (Å²) >= 11 is 0. The number of benzene rings is 1. The van der Waals surface area contributed by atoms with Crippen LogP contribution in [0.2, 0.25) is 0 Å². The van der Waals surface area contributed by atoms with Gasteiger partial charge in [0.2, 0.25) is 0 Å². The van der Waals surface area contributed by atoms with Crippen molar-refractivity contribution in [3.05, 3.63) is 65.4 Å². The number of aromatic amines is 1. The molecule has 5 nitrogen and oxygen atoms in total. The van der Waals surface area contributed by atoms with Gasteiger partial charge in [-0.3, -0.25) is 5.10 Å². The number of aryl methyl sites for hydroxylation is 1. The molecule has 8 heteroatoms. The Balaban J connectivity index is 1.66. The van der Waals surface area contributed by atoms with Gasteiger partial charge in [0.25, 0.3) is 0 Å². The Morgan fingerprint density at radius 2 is 1.83 bits per heavy atom. The molecule has 0 bridgehead atoms. The average Bonchev–Trinajstić information content (AvgIpc) is 3.16. The zero-order valence-corrected chi connectivity index (χ0v) is 15.8. The summed E-state index contributed by atoms with van der Waals surface area (Å²) in [6, 6.07) is 14.4. The molecule has 2 aromatic heterocycles. The predicted octanol–water partition coefficient (Wildman–Crippen LogP) is 5.26. The maximum absolute atomic E-state index is 13.5. The standard InChI is InChI=1S/C22H16F3N5/c23-22(24,25)16-10-4-1-7-13(16)19-26-17-11-5-2-8-14(17)20(27-19)28-21-15-9-3-6-12-18(15)29-30-21/h1-2,5,7-8,11H,3,6,9,12H2,(H2,26,27,28,29,30). The summed E-state index contributed by atoms with van der Waals surface area (Å²) in [5.41, 5.74) is 1.65. The Morgan fingerprint density at radius 3 is 2.70 bits per heavy atom. The van der Waals surface area contributed by atoms with Crippen LogP contribution in [0.5, 0.6) is 0 Å². The third-order valence-electron chi connectivity index (χ3n) is 5.22. The zero-order chi connectivity index (χ0) is 20.7. The minimum absolute atomic E-state index is 0.0295. The van der Waals surface area contributed by atoms with Crippen molar-refractivity contribution in [2.45, 2.75) is 31.9 Å². The topological polar surface area (TPSA) is 66.5 Å². The fourth-order valence-corrected chi connectivity index (χ4v) is 3.79. The second-order valence-corrected chi connectivity index (χ2v) is 7.16. The highest BCUT2D eigenvalue weighted by Gasteiger charge is 2.35. The molecule has 0 amide bonds. The van der Waals surface area contributed by atoms with E-state index in [1.807, 2.05) is 12.1 Å². The summed E-state index contributed by atoms with van der Waals surface area (Å²) in [5.74, 6) is 1.04. The molecule has 0 saturated heterocycles. The minimum Gasteiger partial charge on any atom is -0.323 e. The number of hydrogen-bond acceptors (Lipinski definition) is 4. The highest BCUT2D eigenvalue weighted by atomic mass is 19.4. The summed E-state index contributed by atoms with van der Waals surface area (Å²) in [4.78, 5) is 8.84.